The first-order valence-electron chi connectivity index (χ1n) is 9.59. The summed E-state index contributed by atoms with van der Waals surface area (Å²) < 4.78 is 0. The van der Waals surface area contributed by atoms with Crippen LogP contribution in [0.2, 0.25) is 10.0 Å². The maximum Gasteiger partial charge on any atom is 0.255 e. The van der Waals surface area contributed by atoms with Gasteiger partial charge in [0.15, 0.2) is 0 Å². The Balaban J connectivity index is 1.72. The van der Waals surface area contributed by atoms with E-state index in [1.54, 1.807) is 12.3 Å². The minimum Gasteiger partial charge on any atom is -0.329 e. The molecule has 4 rings (SSSR count). The fourth-order valence-corrected chi connectivity index (χ4v) is 4.74. The van der Waals surface area contributed by atoms with Crippen molar-refractivity contribution in [3.8, 4) is 0 Å². The van der Waals surface area contributed by atoms with Gasteiger partial charge < -0.3 is 4.98 Å². The highest BCUT2D eigenvalue weighted by Crippen LogP contribution is 2.42. The summed E-state index contributed by atoms with van der Waals surface area (Å²) in [5.74, 6) is 0.181. The third-order valence-corrected chi connectivity index (χ3v) is 6.53. The molecule has 0 spiro atoms. The Morgan fingerprint density at radius 1 is 1.00 bits per heavy atom. The van der Waals surface area contributed by atoms with E-state index >= 15 is 0 Å². The number of benzene rings is 2. The number of H-pyrrole nitrogens is 1. The molecule has 5 heteroatoms. The van der Waals surface area contributed by atoms with Crippen molar-refractivity contribution >= 4 is 39.8 Å². The summed E-state index contributed by atoms with van der Waals surface area (Å²) in [6.07, 6.45) is 6.79. The van der Waals surface area contributed by atoms with Crippen LogP contribution in [-0.2, 0) is 16.6 Å². The highest BCUT2D eigenvalue weighted by molar-refractivity contribution is 6.32. The molecule has 1 saturated carbocycles. The molecule has 0 bridgehead atoms. The molecular formula is C23H21Cl2NO2. The van der Waals surface area contributed by atoms with Crippen molar-refractivity contribution in [2.45, 2.75) is 43.9 Å². The molecule has 2 aromatic carbocycles. The number of carbonyl (C=O) groups is 1. The van der Waals surface area contributed by atoms with Crippen LogP contribution in [0.3, 0.4) is 0 Å². The first-order chi connectivity index (χ1) is 13.5. The first-order valence-corrected chi connectivity index (χ1v) is 10.3. The molecule has 0 unspecified atom stereocenters. The van der Waals surface area contributed by atoms with Gasteiger partial charge in [-0.3, -0.25) is 9.59 Å². The molecule has 1 aliphatic carbocycles. The Morgan fingerprint density at radius 2 is 1.71 bits per heavy atom. The third kappa shape index (κ3) is 3.49. The molecule has 0 atom stereocenters. The van der Waals surface area contributed by atoms with Gasteiger partial charge in [0, 0.05) is 28.0 Å². The maximum atomic E-state index is 13.6. The molecule has 28 heavy (non-hydrogen) atoms. The van der Waals surface area contributed by atoms with Crippen LogP contribution in [0, 0.1) is 0 Å². The van der Waals surface area contributed by atoms with Gasteiger partial charge in [0.25, 0.3) is 5.56 Å². The number of pyridine rings is 1. The van der Waals surface area contributed by atoms with Crippen LogP contribution in [0.5, 0.6) is 0 Å². The number of ketones is 1. The van der Waals surface area contributed by atoms with E-state index in [0.717, 1.165) is 48.6 Å². The number of hydrogen-bond donors (Lipinski definition) is 1. The zero-order valence-corrected chi connectivity index (χ0v) is 16.9. The Morgan fingerprint density at radius 3 is 2.43 bits per heavy atom. The van der Waals surface area contributed by atoms with E-state index < -0.39 is 5.41 Å². The predicted octanol–water partition coefficient (Wildman–Crippen LogP) is 5.85. The van der Waals surface area contributed by atoms with Gasteiger partial charge in [0.1, 0.15) is 5.78 Å². The normalized spacial score (nSPS) is 16.2. The van der Waals surface area contributed by atoms with Crippen molar-refractivity contribution in [2.75, 3.05) is 0 Å². The quantitative estimate of drug-likeness (QED) is 0.582. The van der Waals surface area contributed by atoms with Crippen molar-refractivity contribution in [3.63, 3.8) is 0 Å². The molecule has 1 N–H and O–H groups in total. The predicted molar refractivity (Wildman–Crippen MR) is 115 cm³/mol. The summed E-state index contributed by atoms with van der Waals surface area (Å²) in [5, 5.41) is 2.46. The van der Waals surface area contributed by atoms with Crippen LogP contribution < -0.4 is 5.56 Å². The number of carbonyl (C=O) groups excluding carboxylic acids is 1. The third-order valence-electron chi connectivity index (χ3n) is 5.93. The summed E-state index contributed by atoms with van der Waals surface area (Å²) in [7, 11) is 0. The number of aromatic nitrogens is 1. The number of Topliss-reactive ketones (excluding diaryl/α,β-unsaturated/α-hetero) is 1. The lowest BCUT2D eigenvalue weighted by molar-refractivity contribution is -0.125. The molecule has 1 aromatic heterocycles. The van der Waals surface area contributed by atoms with Gasteiger partial charge in [-0.25, -0.2) is 0 Å². The fourth-order valence-electron chi connectivity index (χ4n) is 4.39. The lowest BCUT2D eigenvalue weighted by Crippen LogP contribution is -2.39. The van der Waals surface area contributed by atoms with Gasteiger partial charge in [-0.05, 0) is 59.7 Å². The summed E-state index contributed by atoms with van der Waals surface area (Å²) in [4.78, 5) is 28.2. The van der Waals surface area contributed by atoms with Gasteiger partial charge >= 0.3 is 0 Å². The molecule has 0 amide bonds. The minimum atomic E-state index is -0.491. The molecule has 0 radical (unpaired) electrons. The van der Waals surface area contributed by atoms with E-state index in [1.807, 2.05) is 36.4 Å². The summed E-state index contributed by atoms with van der Waals surface area (Å²) in [6, 6.07) is 13.0. The molecule has 144 valence electrons. The van der Waals surface area contributed by atoms with E-state index in [-0.39, 0.29) is 17.8 Å². The van der Waals surface area contributed by atoms with E-state index in [2.05, 4.69) is 4.98 Å². The topological polar surface area (TPSA) is 49.9 Å². The number of halogens is 2. The molecular weight excluding hydrogens is 393 g/mol. The van der Waals surface area contributed by atoms with Crippen molar-refractivity contribution in [3.05, 3.63) is 80.2 Å². The van der Waals surface area contributed by atoms with Crippen LogP contribution in [0.4, 0.5) is 0 Å². The van der Waals surface area contributed by atoms with Crippen LogP contribution >= 0.6 is 23.2 Å². The molecule has 1 fully saturated rings. The average molecular weight is 414 g/mol. The second kappa shape index (κ2) is 7.73. The summed E-state index contributed by atoms with van der Waals surface area (Å²) in [5.41, 5.74) is 1.13. The lowest BCUT2D eigenvalue weighted by atomic mass is 9.65. The summed E-state index contributed by atoms with van der Waals surface area (Å²) >= 11 is 12.5. The zero-order valence-electron chi connectivity index (χ0n) is 15.4. The monoisotopic (exact) mass is 413 g/mol. The number of hydrogen-bond acceptors (Lipinski definition) is 2. The molecule has 0 aliphatic heterocycles. The van der Waals surface area contributed by atoms with Crippen LogP contribution in [0.1, 0.15) is 43.2 Å². The fraction of sp³-hybridized carbons (Fsp3) is 0.304. The van der Waals surface area contributed by atoms with Crippen molar-refractivity contribution in [1.29, 1.82) is 0 Å². The number of aromatic amines is 1. The Kier molecular flexibility index (Phi) is 5.31. The Labute approximate surface area is 173 Å². The van der Waals surface area contributed by atoms with E-state index in [0.29, 0.717) is 15.4 Å². The Hall–Kier alpha value is -2.10. The van der Waals surface area contributed by atoms with E-state index in [9.17, 15) is 9.59 Å². The van der Waals surface area contributed by atoms with Gasteiger partial charge in [0.2, 0.25) is 0 Å². The van der Waals surface area contributed by atoms with Gasteiger partial charge in [0.05, 0.1) is 5.41 Å². The van der Waals surface area contributed by atoms with Crippen molar-refractivity contribution in [1.82, 2.24) is 4.98 Å². The smallest absolute Gasteiger partial charge is 0.255 e. The zero-order chi connectivity index (χ0) is 19.7. The number of nitrogens with one attached hydrogen (secondary N) is 1. The standard InChI is InChI=1S/C23H21Cl2NO2/c24-18-6-4-17(5-7-18)23(9-2-1-3-10-23)21(27)13-16-12-15-8-11-26-22(28)19(15)14-20(16)25/h4-8,11-12,14H,1-3,9-10,13H2,(H,26,28). The maximum absolute atomic E-state index is 13.6. The number of rotatable bonds is 4. The SMILES string of the molecule is O=C(Cc1cc2cc[nH]c(=O)c2cc1Cl)C1(c2ccc(Cl)cc2)CCCCC1. The lowest BCUT2D eigenvalue weighted by Gasteiger charge is -2.36. The van der Waals surface area contributed by atoms with Crippen LogP contribution in [0.25, 0.3) is 10.8 Å². The number of fused-ring (bicyclic) bond motifs is 1. The van der Waals surface area contributed by atoms with Crippen LogP contribution in [0.15, 0.2) is 53.5 Å². The molecule has 3 aromatic rings. The summed E-state index contributed by atoms with van der Waals surface area (Å²) in [6.45, 7) is 0. The van der Waals surface area contributed by atoms with Gasteiger partial charge in [-0.15, -0.1) is 0 Å². The van der Waals surface area contributed by atoms with E-state index in [1.165, 1.54) is 0 Å². The molecule has 0 saturated heterocycles. The molecule has 1 heterocycles. The first kappa shape index (κ1) is 19.2. The largest absolute Gasteiger partial charge is 0.329 e. The highest BCUT2D eigenvalue weighted by Gasteiger charge is 2.40. The van der Waals surface area contributed by atoms with E-state index in [4.69, 9.17) is 23.2 Å². The highest BCUT2D eigenvalue weighted by atomic mass is 35.5. The van der Waals surface area contributed by atoms with Crippen molar-refractivity contribution in [2.24, 2.45) is 0 Å². The molecule has 3 nitrogen and oxygen atoms in total. The van der Waals surface area contributed by atoms with Crippen molar-refractivity contribution < 1.29 is 4.79 Å². The Bertz CT molecular complexity index is 1080. The second-order valence-electron chi connectivity index (χ2n) is 7.59. The average Bonchev–Trinajstić information content (AvgIpc) is 2.70. The van der Waals surface area contributed by atoms with Gasteiger partial charge in [-0.1, -0.05) is 54.6 Å². The molecule has 1 aliphatic rings. The minimum absolute atomic E-state index is 0.179. The second-order valence-corrected chi connectivity index (χ2v) is 8.43. The van der Waals surface area contributed by atoms with Gasteiger partial charge in [-0.2, -0.15) is 0 Å². The van der Waals surface area contributed by atoms with Crippen LogP contribution in [-0.4, -0.2) is 10.8 Å².